The number of hydrogen-bond donors (Lipinski definition) is 3. The van der Waals surface area contributed by atoms with Gasteiger partial charge >= 0.3 is 5.97 Å². The zero-order chi connectivity index (χ0) is 28.8. The third kappa shape index (κ3) is 6.40. The monoisotopic (exact) mass is 559 g/mol. The summed E-state index contributed by atoms with van der Waals surface area (Å²) in [7, 11) is 0. The molecule has 9 nitrogen and oxygen atoms in total. The van der Waals surface area contributed by atoms with Crippen LogP contribution in [0.25, 0.3) is 5.69 Å². The standard InChI is InChI=1S/C30H33N5O4S/c1-6-38-29(37)27-20(4)32-30(40)33-28(27)24-12-7-8-13-25(24)39-17-26(36)34-31-16-22-15-19(3)35(21(22)5)23-11-9-10-18(2)14-23/h7-16,28H,6,17H2,1-5H3,(H,34,36)(H2,32,33,40)/t28-/m0/s1. The zero-order valence-corrected chi connectivity index (χ0v) is 24.0. The van der Waals surface area contributed by atoms with Gasteiger partial charge < -0.3 is 24.7 Å². The second-order valence-electron chi connectivity index (χ2n) is 9.41. The molecule has 2 heterocycles. The minimum absolute atomic E-state index is 0.237. The second-order valence-corrected chi connectivity index (χ2v) is 9.82. The summed E-state index contributed by atoms with van der Waals surface area (Å²) >= 11 is 5.32. The lowest BCUT2D eigenvalue weighted by molar-refractivity contribution is -0.139. The maximum absolute atomic E-state index is 12.7. The molecule has 4 rings (SSSR count). The van der Waals surface area contributed by atoms with E-state index in [1.807, 2.05) is 38.1 Å². The lowest BCUT2D eigenvalue weighted by Crippen LogP contribution is -2.45. The van der Waals surface area contributed by atoms with Gasteiger partial charge in [-0.2, -0.15) is 5.10 Å². The number of aromatic nitrogens is 1. The van der Waals surface area contributed by atoms with Gasteiger partial charge in [-0.1, -0.05) is 30.3 Å². The van der Waals surface area contributed by atoms with Crippen LogP contribution in [0.1, 0.15) is 48.0 Å². The van der Waals surface area contributed by atoms with Gasteiger partial charge in [0, 0.05) is 33.9 Å². The third-order valence-electron chi connectivity index (χ3n) is 6.48. The number of nitrogens with zero attached hydrogens (tertiary/aromatic N) is 2. The van der Waals surface area contributed by atoms with Crippen molar-refractivity contribution in [3.63, 3.8) is 0 Å². The van der Waals surface area contributed by atoms with E-state index in [9.17, 15) is 9.59 Å². The van der Waals surface area contributed by atoms with E-state index >= 15 is 0 Å². The highest BCUT2D eigenvalue weighted by Gasteiger charge is 2.32. The number of ether oxygens (including phenoxy) is 2. The molecule has 0 radical (unpaired) electrons. The van der Waals surface area contributed by atoms with Gasteiger partial charge in [-0.3, -0.25) is 4.79 Å². The molecule has 0 unspecified atom stereocenters. The number of thiocarbonyl (C=S) groups is 1. The van der Waals surface area contributed by atoms with Crippen molar-refractivity contribution >= 4 is 35.4 Å². The van der Waals surface area contributed by atoms with E-state index in [4.69, 9.17) is 21.7 Å². The molecule has 208 valence electrons. The predicted octanol–water partition coefficient (Wildman–Crippen LogP) is 4.29. The Morgan fingerprint density at radius 3 is 2.62 bits per heavy atom. The van der Waals surface area contributed by atoms with Crippen LogP contribution in [0.3, 0.4) is 0 Å². The van der Waals surface area contributed by atoms with Gasteiger partial charge in [-0.05, 0) is 76.7 Å². The quantitative estimate of drug-likeness (QED) is 0.155. The van der Waals surface area contributed by atoms with E-state index in [2.05, 4.69) is 50.9 Å². The average Bonchev–Trinajstić information content (AvgIpc) is 3.19. The third-order valence-corrected chi connectivity index (χ3v) is 6.70. The van der Waals surface area contributed by atoms with E-state index in [1.54, 1.807) is 32.2 Å². The minimum atomic E-state index is -0.603. The number of carbonyl (C=O) groups is 2. The SMILES string of the molecule is CCOC(=O)C1=C(C)NC(=S)N[C@H]1c1ccccc1OCC(=O)NN=Cc1cc(C)n(-c2cccc(C)c2)c1C. The van der Waals surface area contributed by atoms with Crippen LogP contribution in [0.15, 0.2) is 71.0 Å². The lowest BCUT2D eigenvalue weighted by atomic mass is 9.95. The van der Waals surface area contributed by atoms with E-state index in [1.165, 1.54) is 5.56 Å². The summed E-state index contributed by atoms with van der Waals surface area (Å²) in [6.07, 6.45) is 1.62. The molecule has 1 aliphatic rings. The Labute approximate surface area is 239 Å². The van der Waals surface area contributed by atoms with Gasteiger partial charge in [0.1, 0.15) is 5.75 Å². The highest BCUT2D eigenvalue weighted by Crippen LogP contribution is 2.33. The largest absolute Gasteiger partial charge is 0.483 e. The molecule has 0 saturated heterocycles. The van der Waals surface area contributed by atoms with Crippen LogP contribution in [-0.2, 0) is 14.3 Å². The number of carbonyl (C=O) groups excluding carboxylic acids is 2. The van der Waals surface area contributed by atoms with E-state index in [0.29, 0.717) is 27.7 Å². The molecule has 1 aromatic heterocycles. The van der Waals surface area contributed by atoms with Crippen molar-refractivity contribution in [2.75, 3.05) is 13.2 Å². The fourth-order valence-electron chi connectivity index (χ4n) is 4.69. The fourth-order valence-corrected chi connectivity index (χ4v) is 4.96. The van der Waals surface area contributed by atoms with Crippen molar-refractivity contribution < 1.29 is 19.1 Å². The molecule has 0 aliphatic carbocycles. The number of allylic oxidation sites excluding steroid dienone is 1. The van der Waals surface area contributed by atoms with Crippen LogP contribution >= 0.6 is 12.2 Å². The van der Waals surface area contributed by atoms with Crippen LogP contribution in [0.4, 0.5) is 0 Å². The van der Waals surface area contributed by atoms with Gasteiger partial charge in [0.15, 0.2) is 11.7 Å². The number of nitrogens with one attached hydrogen (secondary N) is 3. The summed E-state index contributed by atoms with van der Waals surface area (Å²) in [5, 5.41) is 10.6. The number of hydrazone groups is 1. The Balaban J connectivity index is 1.44. The maximum atomic E-state index is 12.7. The summed E-state index contributed by atoms with van der Waals surface area (Å²) in [4.78, 5) is 25.3. The molecule has 2 aromatic carbocycles. The van der Waals surface area contributed by atoms with E-state index in [-0.39, 0.29) is 13.2 Å². The van der Waals surface area contributed by atoms with Crippen molar-refractivity contribution in [2.45, 2.75) is 40.7 Å². The first-order chi connectivity index (χ1) is 19.2. The topological polar surface area (TPSA) is 106 Å². The Morgan fingerprint density at radius 2 is 1.88 bits per heavy atom. The highest BCUT2D eigenvalue weighted by molar-refractivity contribution is 7.80. The molecule has 1 atom stereocenters. The summed E-state index contributed by atoms with van der Waals surface area (Å²) in [5.41, 5.74) is 9.39. The molecule has 0 bridgehead atoms. The molecular formula is C30H33N5O4S. The summed E-state index contributed by atoms with van der Waals surface area (Å²) in [6.45, 7) is 9.58. The summed E-state index contributed by atoms with van der Waals surface area (Å²) in [5.74, 6) is -0.457. The van der Waals surface area contributed by atoms with Crippen LogP contribution in [-0.4, -0.2) is 41.0 Å². The first-order valence-electron chi connectivity index (χ1n) is 12.9. The first kappa shape index (κ1) is 28.6. The Kier molecular flexibility index (Phi) is 9.00. The van der Waals surface area contributed by atoms with Crippen molar-refractivity contribution in [1.82, 2.24) is 20.6 Å². The number of amides is 1. The molecule has 0 saturated carbocycles. The number of hydrogen-bond acceptors (Lipinski definition) is 6. The number of para-hydroxylation sites is 1. The molecule has 1 aliphatic heterocycles. The molecule has 40 heavy (non-hydrogen) atoms. The molecule has 3 N–H and O–H groups in total. The lowest BCUT2D eigenvalue weighted by Gasteiger charge is -2.30. The molecule has 0 fully saturated rings. The first-order valence-corrected chi connectivity index (χ1v) is 13.4. The van der Waals surface area contributed by atoms with Gasteiger partial charge in [0.25, 0.3) is 5.91 Å². The number of esters is 1. The van der Waals surface area contributed by atoms with Gasteiger partial charge in [0.2, 0.25) is 0 Å². The van der Waals surface area contributed by atoms with Crippen molar-refractivity contribution in [1.29, 1.82) is 0 Å². The van der Waals surface area contributed by atoms with Crippen molar-refractivity contribution in [2.24, 2.45) is 5.10 Å². The number of aryl methyl sites for hydroxylation is 2. The zero-order valence-electron chi connectivity index (χ0n) is 23.2. The molecule has 3 aromatic rings. The van der Waals surface area contributed by atoms with Crippen molar-refractivity contribution in [3.05, 3.63) is 93.9 Å². The average molecular weight is 560 g/mol. The van der Waals surface area contributed by atoms with Crippen LogP contribution in [0.2, 0.25) is 0 Å². The smallest absolute Gasteiger partial charge is 0.338 e. The molecule has 0 spiro atoms. The second kappa shape index (κ2) is 12.6. The van der Waals surface area contributed by atoms with E-state index < -0.39 is 17.9 Å². The number of benzene rings is 2. The van der Waals surface area contributed by atoms with Gasteiger partial charge in [-0.25, -0.2) is 10.2 Å². The fraction of sp³-hybridized carbons (Fsp3) is 0.267. The Hall–Kier alpha value is -4.44. The van der Waals surface area contributed by atoms with Crippen LogP contribution in [0.5, 0.6) is 5.75 Å². The molecular weight excluding hydrogens is 526 g/mol. The minimum Gasteiger partial charge on any atom is -0.483 e. The van der Waals surface area contributed by atoms with Crippen molar-refractivity contribution in [3.8, 4) is 11.4 Å². The predicted molar refractivity (Wildman–Crippen MR) is 159 cm³/mol. The van der Waals surface area contributed by atoms with Gasteiger partial charge in [-0.15, -0.1) is 0 Å². The van der Waals surface area contributed by atoms with Gasteiger partial charge in [0.05, 0.1) is 24.4 Å². The summed E-state index contributed by atoms with van der Waals surface area (Å²) in [6, 6.07) is 16.8. The highest BCUT2D eigenvalue weighted by atomic mass is 32.1. The van der Waals surface area contributed by atoms with E-state index in [0.717, 1.165) is 22.6 Å². The molecule has 1 amide bonds. The molecule has 10 heteroatoms. The van der Waals surface area contributed by atoms with Crippen LogP contribution < -0.4 is 20.8 Å². The van der Waals surface area contributed by atoms with Crippen LogP contribution in [0, 0.1) is 20.8 Å². The maximum Gasteiger partial charge on any atom is 0.338 e. The normalized spacial score (nSPS) is 15.0. The summed E-state index contributed by atoms with van der Waals surface area (Å²) < 4.78 is 13.3. The Bertz CT molecular complexity index is 1510. The number of rotatable bonds is 9. The Morgan fingerprint density at radius 1 is 1.10 bits per heavy atom.